The molecule has 1 saturated carbocycles. The first-order valence-corrected chi connectivity index (χ1v) is 16.6. The van der Waals surface area contributed by atoms with Gasteiger partial charge in [-0.15, -0.1) is 0 Å². The van der Waals surface area contributed by atoms with Crippen molar-refractivity contribution in [1.29, 1.82) is 0 Å². The van der Waals surface area contributed by atoms with Crippen LogP contribution in [0.3, 0.4) is 0 Å². The van der Waals surface area contributed by atoms with Crippen LogP contribution < -0.4 is 20.5 Å². The van der Waals surface area contributed by atoms with Crippen LogP contribution in [0.15, 0.2) is 54.7 Å². The molecule has 1 saturated heterocycles. The number of benzene rings is 2. The van der Waals surface area contributed by atoms with Gasteiger partial charge in [-0.3, -0.25) is 14.4 Å². The maximum absolute atomic E-state index is 14.5. The molecule has 5 rings (SSSR count). The van der Waals surface area contributed by atoms with Crippen molar-refractivity contribution >= 4 is 33.3 Å². The zero-order chi connectivity index (χ0) is 32.1. The van der Waals surface area contributed by atoms with Crippen molar-refractivity contribution < 1.29 is 31.5 Å². The van der Waals surface area contributed by atoms with Crippen molar-refractivity contribution in [3.05, 3.63) is 77.5 Å². The molecule has 2 fully saturated rings. The molecule has 2 aromatic carbocycles. The molecule has 4 N–H and O–H groups in total. The van der Waals surface area contributed by atoms with Crippen LogP contribution in [0.4, 0.5) is 25.0 Å². The number of rotatable bonds is 11. The number of sulfonamides is 1. The van der Waals surface area contributed by atoms with Gasteiger partial charge in [0, 0.05) is 56.2 Å². The van der Waals surface area contributed by atoms with Gasteiger partial charge in [0.25, 0.3) is 5.91 Å². The molecule has 3 amide bonds. The number of hydrogen-bond acceptors (Lipinski definition) is 7. The van der Waals surface area contributed by atoms with E-state index in [-0.39, 0.29) is 11.7 Å². The quantitative estimate of drug-likeness (QED) is 0.269. The second kappa shape index (κ2) is 13.8. The SMILES string of the molecule is CS(=O)(=O)Nc1ccc(Oc2ccc(CN3CCC(N(CC4CCC4)C(=O)Nc4cc(C(N)=O)c(F)cc4F)CC3)cn2)cc1. The first-order chi connectivity index (χ1) is 21.4. The highest BCUT2D eigenvalue weighted by molar-refractivity contribution is 7.92. The van der Waals surface area contributed by atoms with E-state index in [4.69, 9.17) is 10.5 Å². The summed E-state index contributed by atoms with van der Waals surface area (Å²) >= 11 is 0. The summed E-state index contributed by atoms with van der Waals surface area (Å²) in [6, 6.07) is 11.2. The van der Waals surface area contributed by atoms with Crippen LogP contribution >= 0.6 is 0 Å². The van der Waals surface area contributed by atoms with E-state index in [9.17, 15) is 26.8 Å². The molecular formula is C31H36F2N6O5S. The molecule has 240 valence electrons. The van der Waals surface area contributed by atoms with Gasteiger partial charge in [-0.25, -0.2) is 27.0 Å². The maximum Gasteiger partial charge on any atom is 0.322 e. The highest BCUT2D eigenvalue weighted by Gasteiger charge is 2.32. The number of amides is 3. The van der Waals surface area contributed by atoms with Crippen molar-refractivity contribution in [2.75, 3.05) is 35.9 Å². The van der Waals surface area contributed by atoms with E-state index in [2.05, 4.69) is 19.9 Å². The average molecular weight is 643 g/mol. The predicted molar refractivity (Wildman–Crippen MR) is 165 cm³/mol. The molecular weight excluding hydrogens is 606 g/mol. The van der Waals surface area contributed by atoms with Gasteiger partial charge in [0.15, 0.2) is 0 Å². The number of nitrogens with one attached hydrogen (secondary N) is 2. The third-order valence-electron chi connectivity index (χ3n) is 8.09. The molecule has 1 aliphatic heterocycles. The summed E-state index contributed by atoms with van der Waals surface area (Å²) in [6.45, 7) is 2.69. The summed E-state index contributed by atoms with van der Waals surface area (Å²) in [6.07, 6.45) is 7.43. The van der Waals surface area contributed by atoms with Gasteiger partial charge >= 0.3 is 6.03 Å². The van der Waals surface area contributed by atoms with Gasteiger partial charge in [0.1, 0.15) is 17.4 Å². The van der Waals surface area contributed by atoms with E-state index in [1.807, 2.05) is 6.07 Å². The van der Waals surface area contributed by atoms with Crippen LogP contribution in [0.2, 0.25) is 0 Å². The van der Waals surface area contributed by atoms with Gasteiger partial charge < -0.3 is 20.7 Å². The van der Waals surface area contributed by atoms with E-state index in [1.54, 1.807) is 41.4 Å². The Morgan fingerprint density at radius 2 is 1.76 bits per heavy atom. The molecule has 14 heteroatoms. The number of aromatic nitrogens is 1. The summed E-state index contributed by atoms with van der Waals surface area (Å²) in [5.74, 6) is -1.81. The predicted octanol–water partition coefficient (Wildman–Crippen LogP) is 4.92. The second-order valence-corrected chi connectivity index (χ2v) is 13.3. The van der Waals surface area contributed by atoms with Crippen LogP contribution in [0.25, 0.3) is 0 Å². The van der Waals surface area contributed by atoms with Crippen molar-refractivity contribution in [1.82, 2.24) is 14.8 Å². The topological polar surface area (TPSA) is 147 Å². The lowest BCUT2D eigenvalue weighted by Gasteiger charge is -2.41. The molecule has 3 aromatic rings. The minimum absolute atomic E-state index is 0.0612. The Bertz CT molecular complexity index is 1630. The van der Waals surface area contributed by atoms with Crippen LogP contribution in [-0.4, -0.2) is 67.1 Å². The van der Waals surface area contributed by atoms with Crippen LogP contribution in [-0.2, 0) is 16.6 Å². The lowest BCUT2D eigenvalue weighted by atomic mass is 9.84. The fraction of sp³-hybridized carbons (Fsp3) is 0.387. The lowest BCUT2D eigenvalue weighted by molar-refractivity contribution is 0.0994. The number of likely N-dealkylation sites (tertiary alicyclic amines) is 1. The van der Waals surface area contributed by atoms with Crippen molar-refractivity contribution in [3.8, 4) is 11.6 Å². The molecule has 1 aromatic heterocycles. The second-order valence-electron chi connectivity index (χ2n) is 11.6. The average Bonchev–Trinajstić information content (AvgIpc) is 2.95. The number of urea groups is 1. The molecule has 2 aliphatic rings. The molecule has 0 radical (unpaired) electrons. The smallest absolute Gasteiger partial charge is 0.322 e. The maximum atomic E-state index is 14.5. The number of pyridine rings is 1. The number of nitrogens with two attached hydrogens (primary N) is 1. The van der Waals surface area contributed by atoms with Crippen LogP contribution in [0.5, 0.6) is 11.6 Å². The number of carbonyl (C=O) groups excluding carboxylic acids is 2. The zero-order valence-corrected chi connectivity index (χ0v) is 25.7. The van der Waals surface area contributed by atoms with Crippen LogP contribution in [0, 0.1) is 17.6 Å². The number of carbonyl (C=O) groups is 2. The first kappa shape index (κ1) is 32.1. The number of primary amides is 1. The highest BCUT2D eigenvalue weighted by atomic mass is 32.2. The summed E-state index contributed by atoms with van der Waals surface area (Å²) in [5, 5.41) is 2.55. The van der Waals surface area contributed by atoms with Gasteiger partial charge in [0.05, 0.1) is 17.5 Å². The normalized spacial score (nSPS) is 16.1. The summed E-state index contributed by atoms with van der Waals surface area (Å²) in [7, 11) is -3.36. The fourth-order valence-electron chi connectivity index (χ4n) is 5.51. The number of nitrogens with zero attached hydrogens (tertiary/aromatic N) is 3. The van der Waals surface area contributed by atoms with Crippen LogP contribution in [0.1, 0.15) is 48.0 Å². The monoisotopic (exact) mass is 642 g/mol. The van der Waals surface area contributed by atoms with E-state index in [0.29, 0.717) is 42.4 Å². The minimum Gasteiger partial charge on any atom is -0.439 e. The summed E-state index contributed by atoms with van der Waals surface area (Å²) < 4.78 is 59.4. The number of anilines is 2. The van der Waals surface area contributed by atoms with Crippen molar-refractivity contribution in [2.45, 2.75) is 44.7 Å². The van der Waals surface area contributed by atoms with Crippen molar-refractivity contribution in [2.24, 2.45) is 11.7 Å². The summed E-state index contributed by atoms with van der Waals surface area (Å²) in [4.78, 5) is 33.4. The Morgan fingerprint density at radius 3 is 2.33 bits per heavy atom. The largest absolute Gasteiger partial charge is 0.439 e. The molecule has 0 bridgehead atoms. The summed E-state index contributed by atoms with van der Waals surface area (Å²) in [5.41, 5.74) is 5.86. The Morgan fingerprint density at radius 1 is 1.04 bits per heavy atom. The fourth-order valence-corrected chi connectivity index (χ4v) is 6.07. The van der Waals surface area contributed by atoms with Gasteiger partial charge in [-0.05, 0) is 67.5 Å². The molecule has 0 spiro atoms. The molecule has 11 nitrogen and oxygen atoms in total. The molecule has 1 aliphatic carbocycles. The van der Waals surface area contributed by atoms with Gasteiger partial charge in [0.2, 0.25) is 15.9 Å². The number of halogens is 2. The Hall–Kier alpha value is -4.30. The third-order valence-corrected chi connectivity index (χ3v) is 8.69. The number of piperidine rings is 1. The number of hydrogen-bond donors (Lipinski definition) is 3. The van der Waals surface area contributed by atoms with E-state index < -0.39 is 39.2 Å². The third kappa shape index (κ3) is 8.66. The van der Waals surface area contributed by atoms with E-state index >= 15 is 0 Å². The standard InChI is InChI=1S/C31H36F2N6O5S/c1-45(42,43)37-22-6-8-24(9-7-22)44-29-10-5-21(17-35-29)18-38-13-11-23(12-14-38)39(19-20-3-2-4-20)31(41)36-28-15-25(30(34)40)26(32)16-27(28)33/h5-10,15-17,20,23,37H,2-4,11-14,18-19H2,1H3,(H2,34,40)(H,36,41). The molecule has 0 atom stereocenters. The lowest BCUT2D eigenvalue weighted by Crippen LogP contribution is -2.51. The zero-order valence-electron chi connectivity index (χ0n) is 24.8. The molecule has 2 heterocycles. The Balaban J connectivity index is 1.16. The number of ether oxygens (including phenoxy) is 1. The Kier molecular flexibility index (Phi) is 9.83. The highest BCUT2D eigenvalue weighted by Crippen LogP contribution is 2.30. The van der Waals surface area contributed by atoms with E-state index in [1.165, 1.54) is 0 Å². The molecule has 0 unspecified atom stereocenters. The van der Waals surface area contributed by atoms with Gasteiger partial charge in [-0.2, -0.15) is 0 Å². The Labute approximate surface area is 260 Å². The van der Waals surface area contributed by atoms with Gasteiger partial charge in [-0.1, -0.05) is 12.5 Å². The van der Waals surface area contributed by atoms with Crippen molar-refractivity contribution in [3.63, 3.8) is 0 Å². The first-order valence-electron chi connectivity index (χ1n) is 14.7. The molecule has 45 heavy (non-hydrogen) atoms. The minimum atomic E-state index is -3.36. The van der Waals surface area contributed by atoms with E-state index in [0.717, 1.165) is 63.1 Å².